The standard InChI is InChI=1S/C23H19ClF3IN4O2/c1-12-6-7-14(13(2)8-12)9-16-11-33-32-21(29-16)18-19(28)20(24)30-31-22(18)34-17-5-3-4-15(10-17)23(25,26)27/h3-8,10,16H,9,11H2,1-2H3,(H,29,32). The Bertz CT molecular complexity index is 1250. The number of nitrogens with one attached hydrogen (secondary N) is 1. The largest absolute Gasteiger partial charge is 0.437 e. The molecule has 1 N–H and O–H groups in total. The molecular formula is C23H19ClF3IN4O2. The molecule has 4 rings (SSSR count). The average Bonchev–Trinajstić information content (AvgIpc) is 2.78. The second-order valence-corrected chi connectivity index (χ2v) is 9.26. The van der Waals surface area contributed by atoms with Gasteiger partial charge in [-0.25, -0.2) is 0 Å². The zero-order valence-corrected chi connectivity index (χ0v) is 21.0. The third-order valence-corrected chi connectivity index (χ3v) is 6.83. The van der Waals surface area contributed by atoms with Gasteiger partial charge in [-0.05, 0) is 72.2 Å². The molecule has 2 aromatic carbocycles. The topological polar surface area (TPSA) is 68.6 Å². The highest BCUT2D eigenvalue weighted by atomic mass is 127. The zero-order chi connectivity index (χ0) is 24.5. The lowest BCUT2D eigenvalue weighted by Gasteiger charge is -2.26. The van der Waals surface area contributed by atoms with E-state index < -0.39 is 11.7 Å². The Morgan fingerprint density at radius 3 is 2.71 bits per heavy atom. The maximum atomic E-state index is 13.1. The van der Waals surface area contributed by atoms with Crippen molar-refractivity contribution in [1.29, 1.82) is 0 Å². The first-order chi connectivity index (χ1) is 16.1. The number of alkyl halides is 3. The predicted octanol–water partition coefficient (Wildman–Crippen LogP) is 6.06. The predicted molar refractivity (Wildman–Crippen MR) is 130 cm³/mol. The second-order valence-electron chi connectivity index (χ2n) is 7.82. The number of aromatic nitrogens is 2. The lowest BCUT2D eigenvalue weighted by atomic mass is 9.99. The minimum Gasteiger partial charge on any atom is -0.437 e. The van der Waals surface area contributed by atoms with Crippen LogP contribution in [0.1, 0.15) is 27.8 Å². The van der Waals surface area contributed by atoms with E-state index in [9.17, 15) is 13.2 Å². The number of benzene rings is 2. The highest BCUT2D eigenvalue weighted by Crippen LogP contribution is 2.34. The van der Waals surface area contributed by atoms with Gasteiger partial charge in [0.25, 0.3) is 5.88 Å². The van der Waals surface area contributed by atoms with Gasteiger partial charge in [0.2, 0.25) is 0 Å². The molecule has 1 aliphatic heterocycles. The van der Waals surface area contributed by atoms with Crippen molar-refractivity contribution in [3.63, 3.8) is 0 Å². The summed E-state index contributed by atoms with van der Waals surface area (Å²) in [5.74, 6) is 0.215. The van der Waals surface area contributed by atoms with Crippen LogP contribution >= 0.6 is 34.2 Å². The van der Waals surface area contributed by atoms with Crippen molar-refractivity contribution in [2.75, 3.05) is 6.61 Å². The van der Waals surface area contributed by atoms with Gasteiger partial charge >= 0.3 is 6.18 Å². The molecule has 0 saturated heterocycles. The Balaban J connectivity index is 1.62. The molecule has 0 spiro atoms. The summed E-state index contributed by atoms with van der Waals surface area (Å²) < 4.78 is 45.5. The zero-order valence-electron chi connectivity index (χ0n) is 18.1. The van der Waals surface area contributed by atoms with Crippen molar-refractivity contribution >= 4 is 40.0 Å². The van der Waals surface area contributed by atoms with Crippen LogP contribution in [-0.4, -0.2) is 28.7 Å². The summed E-state index contributed by atoms with van der Waals surface area (Å²) in [5, 5.41) is 15.3. The van der Waals surface area contributed by atoms with Gasteiger partial charge in [-0.3, -0.25) is 0 Å². The maximum Gasteiger partial charge on any atom is 0.416 e. The molecular weight excluding hydrogens is 584 g/mol. The molecule has 6 nitrogen and oxygen atoms in total. The summed E-state index contributed by atoms with van der Waals surface area (Å²) in [4.78, 5) is 5.48. The van der Waals surface area contributed by atoms with E-state index in [1.165, 1.54) is 23.3 Å². The van der Waals surface area contributed by atoms with Crippen LogP contribution in [-0.2, 0) is 17.4 Å². The number of nitrogens with zero attached hydrogens (tertiary/aromatic N) is 3. The van der Waals surface area contributed by atoms with E-state index in [0.29, 0.717) is 28.0 Å². The van der Waals surface area contributed by atoms with Gasteiger partial charge in [0, 0.05) is 0 Å². The Kier molecular flexibility index (Phi) is 7.17. The SMILES string of the molecule is Cc1ccc(CC2CON=C(c3c(Oc4cccc(C(F)(F)F)c4)nnc(Cl)c3I)N2)c(C)c1. The number of oxime groups is 1. The second kappa shape index (κ2) is 9.95. The van der Waals surface area contributed by atoms with E-state index in [0.717, 1.165) is 17.7 Å². The van der Waals surface area contributed by atoms with Crippen molar-refractivity contribution in [3.8, 4) is 11.6 Å². The molecule has 0 saturated carbocycles. The Hall–Kier alpha value is -2.60. The third kappa shape index (κ3) is 5.54. The van der Waals surface area contributed by atoms with Gasteiger partial charge < -0.3 is 14.9 Å². The van der Waals surface area contributed by atoms with Crippen molar-refractivity contribution < 1.29 is 22.7 Å². The van der Waals surface area contributed by atoms with Gasteiger partial charge in [0.15, 0.2) is 11.0 Å². The molecule has 0 radical (unpaired) electrons. The molecule has 34 heavy (non-hydrogen) atoms. The summed E-state index contributed by atoms with van der Waals surface area (Å²) in [5.41, 5.74) is 3.02. The fraction of sp³-hybridized carbons (Fsp3) is 0.261. The van der Waals surface area contributed by atoms with E-state index in [4.69, 9.17) is 21.2 Å². The number of halogens is 5. The highest BCUT2D eigenvalue weighted by molar-refractivity contribution is 14.1. The van der Waals surface area contributed by atoms with Crippen molar-refractivity contribution in [2.45, 2.75) is 32.5 Å². The minimum atomic E-state index is -4.51. The quantitative estimate of drug-likeness (QED) is 0.360. The molecule has 11 heteroatoms. The van der Waals surface area contributed by atoms with Gasteiger partial charge in [0.05, 0.1) is 15.2 Å². The summed E-state index contributed by atoms with van der Waals surface area (Å²) in [7, 11) is 0. The summed E-state index contributed by atoms with van der Waals surface area (Å²) in [6.07, 6.45) is -3.83. The first-order valence-electron chi connectivity index (χ1n) is 10.2. The minimum absolute atomic E-state index is 0.0462. The van der Waals surface area contributed by atoms with Crippen molar-refractivity contribution in [2.24, 2.45) is 5.16 Å². The molecule has 0 fully saturated rings. The number of hydrogen-bond acceptors (Lipinski definition) is 6. The summed E-state index contributed by atoms with van der Waals surface area (Å²) in [6, 6.07) is 10.6. The van der Waals surface area contributed by atoms with E-state index in [-0.39, 0.29) is 22.8 Å². The summed E-state index contributed by atoms with van der Waals surface area (Å²) >= 11 is 8.15. The first-order valence-corrected chi connectivity index (χ1v) is 11.7. The smallest absolute Gasteiger partial charge is 0.416 e. The third-order valence-electron chi connectivity index (χ3n) is 5.19. The van der Waals surface area contributed by atoms with E-state index >= 15 is 0 Å². The monoisotopic (exact) mass is 602 g/mol. The normalized spacial score (nSPS) is 15.9. The van der Waals surface area contributed by atoms with Crippen molar-refractivity contribution in [1.82, 2.24) is 15.5 Å². The van der Waals surface area contributed by atoms with Crippen LogP contribution in [0.5, 0.6) is 11.6 Å². The Morgan fingerprint density at radius 1 is 1.18 bits per heavy atom. The van der Waals surface area contributed by atoms with Gasteiger partial charge in [-0.1, -0.05) is 46.6 Å². The summed E-state index contributed by atoms with van der Waals surface area (Å²) in [6.45, 7) is 4.43. The van der Waals surface area contributed by atoms with Crippen LogP contribution < -0.4 is 10.1 Å². The fourth-order valence-corrected chi connectivity index (χ4v) is 4.25. The fourth-order valence-electron chi connectivity index (χ4n) is 3.53. The Morgan fingerprint density at radius 2 is 1.97 bits per heavy atom. The van der Waals surface area contributed by atoms with Gasteiger partial charge in [0.1, 0.15) is 17.9 Å². The molecule has 3 aromatic rings. The number of amidine groups is 1. The highest BCUT2D eigenvalue weighted by Gasteiger charge is 2.31. The molecule has 1 aliphatic rings. The van der Waals surface area contributed by atoms with Crippen LogP contribution in [0.2, 0.25) is 5.15 Å². The number of rotatable bonds is 5. The van der Waals surface area contributed by atoms with E-state index in [1.54, 1.807) is 0 Å². The lowest BCUT2D eigenvalue weighted by Crippen LogP contribution is -2.44. The first kappa shape index (κ1) is 24.5. The molecule has 1 atom stereocenters. The van der Waals surface area contributed by atoms with Crippen LogP contribution in [0.3, 0.4) is 0 Å². The van der Waals surface area contributed by atoms with E-state index in [2.05, 4.69) is 45.8 Å². The average molecular weight is 603 g/mol. The van der Waals surface area contributed by atoms with Gasteiger partial charge in [-0.15, -0.1) is 10.2 Å². The number of aryl methyl sites for hydroxylation is 2. The van der Waals surface area contributed by atoms with E-state index in [1.807, 2.05) is 29.5 Å². The molecule has 0 amide bonds. The molecule has 1 unspecified atom stereocenters. The van der Waals surface area contributed by atoms with Crippen molar-refractivity contribution in [3.05, 3.63) is 79.0 Å². The van der Waals surface area contributed by atoms with Crippen LogP contribution in [0.15, 0.2) is 47.6 Å². The number of ether oxygens (including phenoxy) is 1. The molecule has 178 valence electrons. The Labute approximate surface area is 212 Å². The molecule has 2 heterocycles. The van der Waals surface area contributed by atoms with Crippen LogP contribution in [0.4, 0.5) is 13.2 Å². The molecule has 1 aromatic heterocycles. The number of hydrogen-bond donors (Lipinski definition) is 1. The maximum absolute atomic E-state index is 13.1. The molecule has 0 bridgehead atoms. The lowest BCUT2D eigenvalue weighted by molar-refractivity contribution is -0.137. The van der Waals surface area contributed by atoms with Gasteiger partial charge in [-0.2, -0.15) is 13.2 Å². The van der Waals surface area contributed by atoms with Crippen LogP contribution in [0.25, 0.3) is 0 Å². The van der Waals surface area contributed by atoms with Crippen LogP contribution in [0, 0.1) is 17.4 Å². The molecule has 0 aliphatic carbocycles.